The number of aromatic nitrogens is 2. The van der Waals surface area contributed by atoms with Gasteiger partial charge in [-0.15, -0.1) is 0 Å². The molecule has 0 spiro atoms. The number of ether oxygens (including phenoxy) is 1. The Balaban J connectivity index is 1.82. The molecule has 1 amide bonds. The van der Waals surface area contributed by atoms with Gasteiger partial charge < -0.3 is 10.1 Å². The number of halogens is 1. The van der Waals surface area contributed by atoms with Gasteiger partial charge in [0.25, 0.3) is 5.91 Å². The molecule has 9 heteroatoms. The van der Waals surface area contributed by atoms with Crippen LogP contribution >= 0.6 is 22.9 Å². The number of aryl methyl sites for hydroxylation is 1. The second-order valence-electron chi connectivity index (χ2n) is 4.30. The van der Waals surface area contributed by atoms with E-state index in [-0.39, 0.29) is 11.4 Å². The number of carbonyl (C=O) groups is 2. The zero-order valence-corrected chi connectivity index (χ0v) is 13.1. The molecule has 22 heavy (non-hydrogen) atoms. The average molecular weight is 342 g/mol. The molecule has 116 valence electrons. The van der Waals surface area contributed by atoms with Crippen LogP contribution in [-0.4, -0.2) is 28.0 Å². The Bertz CT molecular complexity index is 738. The molecule has 0 saturated heterocycles. The fourth-order valence-corrected chi connectivity index (χ4v) is 2.39. The van der Waals surface area contributed by atoms with Crippen molar-refractivity contribution >= 4 is 40.6 Å². The Kier molecular flexibility index (Phi) is 5.29. The largest absolute Gasteiger partial charge is 0.454 e. The van der Waals surface area contributed by atoms with Crippen molar-refractivity contribution in [2.75, 3.05) is 11.9 Å². The van der Waals surface area contributed by atoms with Gasteiger partial charge in [-0.3, -0.25) is 19.0 Å². The fourth-order valence-electron chi connectivity index (χ4n) is 1.55. The molecule has 0 aliphatic heterocycles. The van der Waals surface area contributed by atoms with Gasteiger partial charge in [0, 0.05) is 17.3 Å². The summed E-state index contributed by atoms with van der Waals surface area (Å²) in [6.07, 6.45) is 1.38. The highest BCUT2D eigenvalue weighted by molar-refractivity contribution is 7.07. The first kappa shape index (κ1) is 16.2. The lowest BCUT2D eigenvalue weighted by Crippen LogP contribution is -2.26. The number of hydrogen-bond acceptors (Lipinski definition) is 6. The molecule has 2 rings (SSSR count). The Hall–Kier alpha value is -2.19. The van der Waals surface area contributed by atoms with Crippen molar-refractivity contribution in [1.29, 1.82) is 0 Å². The molecule has 0 fully saturated rings. The number of rotatable bonds is 5. The summed E-state index contributed by atoms with van der Waals surface area (Å²) >= 11 is 6.67. The van der Waals surface area contributed by atoms with Crippen LogP contribution in [0.1, 0.15) is 5.69 Å². The molecule has 0 unspecified atom stereocenters. The summed E-state index contributed by atoms with van der Waals surface area (Å²) in [5.41, 5.74) is 0.668. The van der Waals surface area contributed by atoms with Crippen LogP contribution in [0.15, 0.2) is 28.5 Å². The van der Waals surface area contributed by atoms with Crippen LogP contribution in [0.25, 0.3) is 0 Å². The maximum Gasteiger partial charge on any atom is 0.326 e. The van der Waals surface area contributed by atoms with Crippen molar-refractivity contribution in [3.63, 3.8) is 0 Å². The summed E-state index contributed by atoms with van der Waals surface area (Å²) in [6, 6.07) is 3.10. The molecule has 1 N–H and O–H groups in total. The number of hydrogen-bond donors (Lipinski definition) is 1. The standard InChI is InChI=1S/C13H12ClN3O4S/c1-8-7-22-13(20)17(8)5-12(19)21-6-11(18)16-10-3-2-9(14)4-15-10/h2-4,7H,5-6H2,1H3,(H,15,16,18). The molecule has 2 aromatic rings. The van der Waals surface area contributed by atoms with Gasteiger partial charge in [-0.1, -0.05) is 22.9 Å². The van der Waals surface area contributed by atoms with E-state index >= 15 is 0 Å². The van der Waals surface area contributed by atoms with Crippen molar-refractivity contribution < 1.29 is 14.3 Å². The third-order valence-corrected chi connectivity index (χ3v) is 3.73. The number of thiazole rings is 1. The quantitative estimate of drug-likeness (QED) is 0.831. The maximum atomic E-state index is 11.6. The molecule has 2 heterocycles. The first-order valence-electron chi connectivity index (χ1n) is 6.17. The zero-order valence-electron chi connectivity index (χ0n) is 11.5. The molecule has 0 aliphatic rings. The van der Waals surface area contributed by atoms with Gasteiger partial charge >= 0.3 is 10.8 Å². The third kappa shape index (κ3) is 4.40. The van der Waals surface area contributed by atoms with E-state index in [0.717, 1.165) is 11.3 Å². The SMILES string of the molecule is Cc1csc(=O)n1CC(=O)OCC(=O)Nc1ccc(Cl)cn1. The van der Waals surface area contributed by atoms with E-state index in [4.69, 9.17) is 16.3 Å². The van der Waals surface area contributed by atoms with Gasteiger partial charge in [-0.05, 0) is 19.1 Å². The summed E-state index contributed by atoms with van der Waals surface area (Å²) < 4.78 is 6.11. The number of amides is 1. The summed E-state index contributed by atoms with van der Waals surface area (Å²) in [5.74, 6) is -0.893. The lowest BCUT2D eigenvalue weighted by Gasteiger charge is -2.07. The molecular weight excluding hydrogens is 330 g/mol. The monoisotopic (exact) mass is 341 g/mol. The third-order valence-electron chi connectivity index (χ3n) is 2.62. The van der Waals surface area contributed by atoms with Crippen LogP contribution in [0.5, 0.6) is 0 Å². The minimum atomic E-state index is -0.664. The van der Waals surface area contributed by atoms with Gasteiger partial charge in [0.15, 0.2) is 6.61 Å². The van der Waals surface area contributed by atoms with Gasteiger partial charge in [0.2, 0.25) is 0 Å². The fraction of sp³-hybridized carbons (Fsp3) is 0.231. The van der Waals surface area contributed by atoms with E-state index in [1.807, 2.05) is 0 Å². The molecule has 0 atom stereocenters. The number of nitrogens with one attached hydrogen (secondary N) is 1. The summed E-state index contributed by atoms with van der Waals surface area (Å²) in [6.45, 7) is 1.03. The van der Waals surface area contributed by atoms with E-state index < -0.39 is 18.5 Å². The van der Waals surface area contributed by atoms with Crippen LogP contribution in [0.4, 0.5) is 5.82 Å². The number of anilines is 1. The molecule has 0 saturated carbocycles. The van der Waals surface area contributed by atoms with Crippen molar-refractivity contribution in [2.24, 2.45) is 0 Å². The van der Waals surface area contributed by atoms with Crippen molar-refractivity contribution in [3.05, 3.63) is 44.1 Å². The lowest BCUT2D eigenvalue weighted by molar-refractivity contribution is -0.147. The van der Waals surface area contributed by atoms with Crippen LogP contribution < -0.4 is 10.2 Å². The highest BCUT2D eigenvalue weighted by atomic mass is 35.5. The second kappa shape index (κ2) is 7.19. The van der Waals surface area contributed by atoms with Crippen molar-refractivity contribution in [1.82, 2.24) is 9.55 Å². The topological polar surface area (TPSA) is 90.3 Å². The van der Waals surface area contributed by atoms with Crippen molar-refractivity contribution in [3.8, 4) is 0 Å². The zero-order chi connectivity index (χ0) is 16.1. The van der Waals surface area contributed by atoms with Crippen LogP contribution in [0, 0.1) is 6.92 Å². The summed E-state index contributed by atoms with van der Waals surface area (Å²) in [5, 5.41) is 4.55. The van der Waals surface area contributed by atoms with Crippen LogP contribution in [0.3, 0.4) is 0 Å². The molecule has 0 bridgehead atoms. The van der Waals surface area contributed by atoms with E-state index in [1.165, 1.54) is 16.8 Å². The highest BCUT2D eigenvalue weighted by Crippen LogP contribution is 2.09. The Labute approximate surface area is 134 Å². The Morgan fingerprint density at radius 1 is 1.45 bits per heavy atom. The lowest BCUT2D eigenvalue weighted by atomic mass is 10.4. The van der Waals surface area contributed by atoms with Gasteiger partial charge in [-0.2, -0.15) is 0 Å². The molecule has 7 nitrogen and oxygen atoms in total. The minimum Gasteiger partial charge on any atom is -0.454 e. The molecule has 0 aliphatic carbocycles. The summed E-state index contributed by atoms with van der Waals surface area (Å²) in [7, 11) is 0. The molecule has 2 aromatic heterocycles. The maximum absolute atomic E-state index is 11.6. The Morgan fingerprint density at radius 2 is 2.23 bits per heavy atom. The predicted octanol–water partition coefficient (Wildman–Crippen LogP) is 1.45. The van der Waals surface area contributed by atoms with E-state index in [0.29, 0.717) is 16.5 Å². The molecular formula is C13H12ClN3O4S. The van der Waals surface area contributed by atoms with Gasteiger partial charge in [-0.25, -0.2) is 4.98 Å². The van der Waals surface area contributed by atoms with Crippen molar-refractivity contribution in [2.45, 2.75) is 13.5 Å². The van der Waals surface area contributed by atoms with Crippen LogP contribution in [-0.2, 0) is 20.9 Å². The predicted molar refractivity (Wildman–Crippen MR) is 82.2 cm³/mol. The van der Waals surface area contributed by atoms with Gasteiger partial charge in [0.05, 0.1) is 5.02 Å². The van der Waals surface area contributed by atoms with Crippen LogP contribution in [0.2, 0.25) is 5.02 Å². The number of esters is 1. The highest BCUT2D eigenvalue weighted by Gasteiger charge is 2.12. The van der Waals surface area contributed by atoms with E-state index in [9.17, 15) is 14.4 Å². The number of pyridine rings is 1. The normalized spacial score (nSPS) is 10.3. The van der Waals surface area contributed by atoms with E-state index in [1.54, 1.807) is 18.4 Å². The first-order valence-corrected chi connectivity index (χ1v) is 7.43. The van der Waals surface area contributed by atoms with Gasteiger partial charge in [0.1, 0.15) is 12.4 Å². The molecule has 0 aromatic carbocycles. The average Bonchev–Trinajstić information content (AvgIpc) is 2.79. The minimum absolute atomic E-state index is 0.222. The van der Waals surface area contributed by atoms with E-state index in [2.05, 4.69) is 10.3 Å². The number of carbonyl (C=O) groups excluding carboxylic acids is 2. The summed E-state index contributed by atoms with van der Waals surface area (Å²) in [4.78, 5) is 38.3. The smallest absolute Gasteiger partial charge is 0.326 e. The molecule has 0 radical (unpaired) electrons. The first-order chi connectivity index (χ1) is 10.5. The Morgan fingerprint density at radius 3 is 2.82 bits per heavy atom. The number of nitrogens with zero attached hydrogens (tertiary/aromatic N) is 2. The second-order valence-corrected chi connectivity index (χ2v) is 5.56.